The molecule has 1 aliphatic rings. The van der Waals surface area contributed by atoms with Crippen LogP contribution in [0.1, 0.15) is 45.1 Å². The molecule has 1 fully saturated rings. The summed E-state index contributed by atoms with van der Waals surface area (Å²) < 4.78 is 6.06. The fourth-order valence-corrected chi connectivity index (χ4v) is 3.69. The third-order valence-corrected chi connectivity index (χ3v) is 5.06. The van der Waals surface area contributed by atoms with Gasteiger partial charge in [0.1, 0.15) is 0 Å². The Morgan fingerprint density at radius 2 is 2.00 bits per heavy atom. The summed E-state index contributed by atoms with van der Waals surface area (Å²) in [7, 11) is 1.78. The lowest BCUT2D eigenvalue weighted by Gasteiger charge is -2.40. The van der Waals surface area contributed by atoms with Crippen molar-refractivity contribution in [3.05, 3.63) is 35.9 Å². The second-order valence-electron chi connectivity index (χ2n) is 8.18. The Balaban J connectivity index is 1.87. The van der Waals surface area contributed by atoms with Gasteiger partial charge < -0.3 is 20.5 Å². The van der Waals surface area contributed by atoms with Crippen molar-refractivity contribution in [3.63, 3.8) is 0 Å². The molecule has 0 amide bonds. The first-order valence-electron chi connectivity index (χ1n) is 9.67. The fourth-order valence-electron chi connectivity index (χ4n) is 3.69. The van der Waals surface area contributed by atoms with Crippen molar-refractivity contribution in [1.29, 1.82) is 0 Å². The van der Waals surface area contributed by atoms with Crippen LogP contribution in [0.5, 0.6) is 0 Å². The topological polar surface area (TPSA) is 65.9 Å². The molecule has 5 heteroatoms. The van der Waals surface area contributed by atoms with E-state index in [2.05, 4.69) is 36.4 Å². The molecule has 1 aromatic carbocycles. The highest BCUT2D eigenvalue weighted by Crippen LogP contribution is 2.33. The van der Waals surface area contributed by atoms with Crippen LogP contribution in [0.15, 0.2) is 35.3 Å². The molecule has 0 saturated carbocycles. The Bertz CT molecular complexity index is 554. The highest BCUT2D eigenvalue weighted by atomic mass is 16.5. The number of aliphatic hydroxyl groups is 1. The summed E-state index contributed by atoms with van der Waals surface area (Å²) in [6.45, 7) is 9.19. The molecule has 0 spiro atoms. The monoisotopic (exact) mass is 361 g/mol. The second kappa shape index (κ2) is 9.93. The molecule has 146 valence electrons. The number of nitrogens with zero attached hydrogens (tertiary/aromatic N) is 1. The zero-order valence-corrected chi connectivity index (χ0v) is 16.7. The van der Waals surface area contributed by atoms with Crippen LogP contribution in [0.4, 0.5) is 0 Å². The summed E-state index contributed by atoms with van der Waals surface area (Å²) >= 11 is 0. The lowest BCUT2D eigenvalue weighted by molar-refractivity contribution is -0.0835. The molecule has 3 atom stereocenters. The summed E-state index contributed by atoms with van der Waals surface area (Å²) in [5.74, 6) is 1.30. The average Bonchev–Trinajstić information content (AvgIpc) is 2.65. The Morgan fingerprint density at radius 3 is 2.62 bits per heavy atom. The molecule has 26 heavy (non-hydrogen) atoms. The van der Waals surface area contributed by atoms with Gasteiger partial charge in [-0.2, -0.15) is 0 Å². The van der Waals surface area contributed by atoms with E-state index in [1.54, 1.807) is 7.05 Å². The van der Waals surface area contributed by atoms with Gasteiger partial charge in [-0.15, -0.1) is 0 Å². The van der Waals surface area contributed by atoms with Crippen LogP contribution < -0.4 is 10.6 Å². The van der Waals surface area contributed by atoms with Gasteiger partial charge in [-0.3, -0.25) is 4.99 Å². The molecular weight excluding hydrogens is 326 g/mol. The van der Waals surface area contributed by atoms with Crippen LogP contribution in [0.2, 0.25) is 0 Å². The fraction of sp³-hybridized carbons (Fsp3) is 0.667. The van der Waals surface area contributed by atoms with E-state index in [1.807, 2.05) is 30.3 Å². The van der Waals surface area contributed by atoms with Gasteiger partial charge in [0.2, 0.25) is 0 Å². The van der Waals surface area contributed by atoms with Crippen molar-refractivity contribution in [3.8, 4) is 0 Å². The van der Waals surface area contributed by atoms with Gasteiger partial charge in [0.25, 0.3) is 0 Å². The standard InChI is InChI=1S/C21H35N3O2/c1-21(2,3)19-17(11-8-12-26-19)13-23-20(22-4)24-14-18(15-25)16-9-6-5-7-10-16/h5-7,9-10,17-19,25H,8,11-15H2,1-4H3,(H2,22,23,24). The zero-order chi connectivity index (χ0) is 19.0. The maximum Gasteiger partial charge on any atom is 0.191 e. The minimum atomic E-state index is 0.0510. The quantitative estimate of drug-likeness (QED) is 0.538. The number of rotatable bonds is 6. The van der Waals surface area contributed by atoms with Gasteiger partial charge in [0.15, 0.2) is 5.96 Å². The molecule has 0 radical (unpaired) electrons. The molecule has 2 rings (SSSR count). The SMILES string of the molecule is CN=C(NCC(CO)c1ccccc1)NCC1CCCOC1C(C)(C)C. The minimum absolute atomic E-state index is 0.0510. The number of benzene rings is 1. The van der Waals surface area contributed by atoms with Gasteiger partial charge >= 0.3 is 0 Å². The molecule has 3 N–H and O–H groups in total. The molecule has 1 aliphatic heterocycles. The first-order chi connectivity index (χ1) is 12.5. The van der Waals surface area contributed by atoms with Crippen molar-refractivity contribution in [1.82, 2.24) is 10.6 Å². The van der Waals surface area contributed by atoms with Gasteiger partial charge in [-0.05, 0) is 23.8 Å². The van der Waals surface area contributed by atoms with Crippen LogP contribution in [-0.4, -0.2) is 50.5 Å². The third kappa shape index (κ3) is 5.99. The van der Waals surface area contributed by atoms with Crippen LogP contribution in [0.25, 0.3) is 0 Å². The van der Waals surface area contributed by atoms with E-state index in [-0.39, 0.29) is 24.0 Å². The molecule has 0 aromatic heterocycles. The Hall–Kier alpha value is -1.59. The van der Waals surface area contributed by atoms with Crippen LogP contribution in [0.3, 0.4) is 0 Å². The summed E-state index contributed by atoms with van der Waals surface area (Å²) in [5.41, 5.74) is 1.27. The summed E-state index contributed by atoms with van der Waals surface area (Å²) in [4.78, 5) is 4.33. The summed E-state index contributed by atoms with van der Waals surface area (Å²) in [6, 6.07) is 10.1. The summed E-state index contributed by atoms with van der Waals surface area (Å²) in [5, 5.41) is 16.5. The lowest BCUT2D eigenvalue weighted by Crippen LogP contribution is -2.48. The number of aliphatic hydroxyl groups excluding tert-OH is 1. The van der Waals surface area contributed by atoms with Crippen molar-refractivity contribution in [2.75, 3.05) is 33.4 Å². The van der Waals surface area contributed by atoms with Gasteiger partial charge in [-0.25, -0.2) is 0 Å². The molecule has 1 aromatic rings. The van der Waals surface area contributed by atoms with Crippen molar-refractivity contribution in [2.45, 2.75) is 45.6 Å². The Labute approximate surface area is 158 Å². The predicted octanol–water partition coefficient (Wildman–Crippen LogP) is 2.77. The zero-order valence-electron chi connectivity index (χ0n) is 16.7. The molecule has 3 unspecified atom stereocenters. The van der Waals surface area contributed by atoms with E-state index in [9.17, 15) is 5.11 Å². The van der Waals surface area contributed by atoms with E-state index >= 15 is 0 Å². The van der Waals surface area contributed by atoms with Gasteiger partial charge in [0, 0.05) is 38.6 Å². The number of hydrogen-bond acceptors (Lipinski definition) is 3. The Morgan fingerprint density at radius 1 is 1.27 bits per heavy atom. The largest absolute Gasteiger partial charge is 0.396 e. The van der Waals surface area contributed by atoms with E-state index in [0.717, 1.165) is 31.1 Å². The molecule has 0 bridgehead atoms. The number of ether oxygens (including phenoxy) is 1. The molecule has 5 nitrogen and oxygen atoms in total. The molecular formula is C21H35N3O2. The molecule has 0 aliphatic carbocycles. The molecule has 1 heterocycles. The van der Waals surface area contributed by atoms with Crippen molar-refractivity contribution >= 4 is 5.96 Å². The number of guanidine groups is 1. The van der Waals surface area contributed by atoms with E-state index in [4.69, 9.17) is 4.74 Å². The highest BCUT2D eigenvalue weighted by Gasteiger charge is 2.35. The normalized spacial score (nSPS) is 22.7. The van der Waals surface area contributed by atoms with Gasteiger partial charge in [0.05, 0.1) is 12.7 Å². The number of hydrogen-bond donors (Lipinski definition) is 3. The van der Waals surface area contributed by atoms with Crippen molar-refractivity contribution in [2.24, 2.45) is 16.3 Å². The first kappa shape index (κ1) is 20.7. The third-order valence-electron chi connectivity index (χ3n) is 5.06. The first-order valence-corrected chi connectivity index (χ1v) is 9.67. The Kier molecular flexibility index (Phi) is 7.91. The maximum atomic E-state index is 9.71. The van der Waals surface area contributed by atoms with E-state index in [0.29, 0.717) is 12.5 Å². The highest BCUT2D eigenvalue weighted by molar-refractivity contribution is 5.79. The maximum absolute atomic E-state index is 9.71. The van der Waals surface area contributed by atoms with E-state index < -0.39 is 0 Å². The number of nitrogens with one attached hydrogen (secondary N) is 2. The minimum Gasteiger partial charge on any atom is -0.396 e. The van der Waals surface area contributed by atoms with Crippen LogP contribution in [-0.2, 0) is 4.74 Å². The second-order valence-corrected chi connectivity index (χ2v) is 8.18. The van der Waals surface area contributed by atoms with Gasteiger partial charge in [-0.1, -0.05) is 51.1 Å². The van der Waals surface area contributed by atoms with Crippen molar-refractivity contribution < 1.29 is 9.84 Å². The average molecular weight is 362 g/mol. The summed E-state index contributed by atoms with van der Waals surface area (Å²) in [6.07, 6.45) is 2.55. The van der Waals surface area contributed by atoms with E-state index in [1.165, 1.54) is 6.42 Å². The number of aliphatic imine (C=N–C) groups is 1. The van der Waals surface area contributed by atoms with Crippen LogP contribution >= 0.6 is 0 Å². The lowest BCUT2D eigenvalue weighted by atomic mass is 9.78. The van der Waals surface area contributed by atoms with Crippen LogP contribution in [0, 0.1) is 11.3 Å². The smallest absolute Gasteiger partial charge is 0.191 e. The molecule has 1 saturated heterocycles. The predicted molar refractivity (Wildman–Crippen MR) is 108 cm³/mol.